The van der Waals surface area contributed by atoms with Gasteiger partial charge in [-0.15, -0.1) is 0 Å². The Morgan fingerprint density at radius 3 is 2.47 bits per heavy atom. The Morgan fingerprint density at radius 1 is 1.47 bits per heavy atom. The second-order valence-electron chi connectivity index (χ2n) is 5.99. The van der Waals surface area contributed by atoms with Gasteiger partial charge in [-0.3, -0.25) is 4.79 Å². The van der Waals surface area contributed by atoms with Crippen LogP contribution < -0.4 is 0 Å². The van der Waals surface area contributed by atoms with Crippen molar-refractivity contribution in [1.82, 2.24) is 4.31 Å². The molecule has 0 spiro atoms. The van der Waals surface area contributed by atoms with Crippen LogP contribution in [0.4, 0.5) is 0 Å². The predicted molar refractivity (Wildman–Crippen MR) is 69.7 cm³/mol. The van der Waals surface area contributed by atoms with Crippen LogP contribution in [0.3, 0.4) is 0 Å². The molecular weight excluding hydrogens is 268 g/mol. The van der Waals surface area contributed by atoms with Gasteiger partial charge < -0.3 is 5.11 Å². The maximum absolute atomic E-state index is 12.3. The number of carboxylic acid groups (broad SMARTS) is 1. The molecule has 0 radical (unpaired) electrons. The Kier molecular flexibility index (Phi) is 4.59. The molecule has 1 fully saturated rings. The van der Waals surface area contributed by atoms with Gasteiger partial charge in [0, 0.05) is 19.5 Å². The monoisotopic (exact) mass is 288 g/mol. The van der Waals surface area contributed by atoms with Gasteiger partial charge in [0.1, 0.15) is 0 Å². The molecule has 7 heteroatoms. The van der Waals surface area contributed by atoms with E-state index in [4.69, 9.17) is 10.4 Å². The molecule has 0 bridgehead atoms. The molecule has 1 aliphatic heterocycles. The van der Waals surface area contributed by atoms with E-state index < -0.39 is 27.3 Å². The van der Waals surface area contributed by atoms with Crippen molar-refractivity contribution < 1.29 is 18.3 Å². The Morgan fingerprint density at radius 2 is 2.05 bits per heavy atom. The van der Waals surface area contributed by atoms with Gasteiger partial charge in [-0.05, 0) is 11.3 Å². The zero-order valence-electron chi connectivity index (χ0n) is 11.5. The fraction of sp³-hybridized carbons (Fsp3) is 0.833. The molecule has 0 saturated carbocycles. The maximum atomic E-state index is 12.3. The molecule has 0 aromatic heterocycles. The fourth-order valence-electron chi connectivity index (χ4n) is 2.32. The smallest absolute Gasteiger partial charge is 0.308 e. The molecule has 2 atom stereocenters. The second kappa shape index (κ2) is 5.47. The van der Waals surface area contributed by atoms with Crippen molar-refractivity contribution in [2.24, 2.45) is 17.3 Å². The quantitative estimate of drug-likeness (QED) is 0.810. The van der Waals surface area contributed by atoms with E-state index in [1.165, 1.54) is 4.31 Å². The van der Waals surface area contributed by atoms with E-state index in [1.807, 2.05) is 6.07 Å². The molecule has 1 N–H and O–H groups in total. The third-order valence-electron chi connectivity index (χ3n) is 3.42. The number of nitrogens with zero attached hydrogens (tertiary/aromatic N) is 2. The van der Waals surface area contributed by atoms with Gasteiger partial charge in [-0.2, -0.15) is 5.26 Å². The minimum atomic E-state index is -3.52. The van der Waals surface area contributed by atoms with Crippen LogP contribution in [0.1, 0.15) is 27.2 Å². The molecule has 0 aromatic rings. The number of aliphatic carboxylic acids is 1. The lowest BCUT2D eigenvalue weighted by Crippen LogP contribution is -2.37. The first-order chi connectivity index (χ1) is 8.59. The molecular formula is C12H20N2O4S. The molecule has 1 saturated heterocycles. The minimum Gasteiger partial charge on any atom is -0.481 e. The highest BCUT2D eigenvalue weighted by Gasteiger charge is 2.41. The molecule has 1 aliphatic rings. The van der Waals surface area contributed by atoms with Gasteiger partial charge in [-0.25, -0.2) is 12.7 Å². The van der Waals surface area contributed by atoms with E-state index in [0.29, 0.717) is 0 Å². The summed E-state index contributed by atoms with van der Waals surface area (Å²) >= 11 is 0. The van der Waals surface area contributed by atoms with Crippen molar-refractivity contribution in [3.05, 3.63) is 0 Å². The summed E-state index contributed by atoms with van der Waals surface area (Å²) in [5, 5.41) is 17.7. The first kappa shape index (κ1) is 15.9. The standard InChI is InChI=1S/C12H20N2O4S/c1-9-6-14(7-10(9)11(15)16)19(17,18)8-12(2,3)4-5-13/h9-10H,4,6-8H2,1-3H3,(H,15,16)/t9-,10-/m1/s1. The Hall–Kier alpha value is -1.13. The van der Waals surface area contributed by atoms with Gasteiger partial charge in [0.05, 0.1) is 17.7 Å². The number of sulfonamides is 1. The second-order valence-corrected chi connectivity index (χ2v) is 7.96. The van der Waals surface area contributed by atoms with E-state index >= 15 is 0 Å². The predicted octanol–water partition coefficient (Wildman–Crippen LogP) is 0.909. The highest BCUT2D eigenvalue weighted by Crippen LogP contribution is 2.29. The number of rotatable bonds is 5. The molecule has 1 heterocycles. The summed E-state index contributed by atoms with van der Waals surface area (Å²) in [6.45, 7) is 5.46. The average Bonchev–Trinajstić information content (AvgIpc) is 2.58. The summed E-state index contributed by atoms with van der Waals surface area (Å²) in [5.74, 6) is -1.92. The van der Waals surface area contributed by atoms with Crippen molar-refractivity contribution in [3.8, 4) is 6.07 Å². The summed E-state index contributed by atoms with van der Waals surface area (Å²) in [6.07, 6.45) is 0.151. The lowest BCUT2D eigenvalue weighted by molar-refractivity contribution is -0.142. The van der Waals surface area contributed by atoms with Crippen molar-refractivity contribution in [1.29, 1.82) is 5.26 Å². The molecule has 108 valence electrons. The first-order valence-electron chi connectivity index (χ1n) is 6.16. The van der Waals surface area contributed by atoms with Crippen molar-refractivity contribution >= 4 is 16.0 Å². The van der Waals surface area contributed by atoms with Crippen molar-refractivity contribution in [2.45, 2.75) is 27.2 Å². The fourth-order valence-corrected chi connectivity index (χ4v) is 4.44. The molecule has 0 amide bonds. The van der Waals surface area contributed by atoms with Crippen LogP contribution in [-0.4, -0.2) is 42.6 Å². The van der Waals surface area contributed by atoms with Crippen molar-refractivity contribution in [2.75, 3.05) is 18.8 Å². The third-order valence-corrected chi connectivity index (χ3v) is 5.65. The topological polar surface area (TPSA) is 98.5 Å². The summed E-state index contributed by atoms with van der Waals surface area (Å²) < 4.78 is 25.8. The van der Waals surface area contributed by atoms with Gasteiger partial charge in [0.15, 0.2) is 0 Å². The Bertz CT molecular complexity index is 492. The van der Waals surface area contributed by atoms with Crippen LogP contribution in [0.2, 0.25) is 0 Å². The summed E-state index contributed by atoms with van der Waals surface area (Å²) in [4.78, 5) is 11.0. The summed E-state index contributed by atoms with van der Waals surface area (Å²) in [5.41, 5.74) is -0.627. The van der Waals surface area contributed by atoms with Gasteiger partial charge in [-0.1, -0.05) is 20.8 Å². The van der Waals surface area contributed by atoms with Crippen LogP contribution in [0.15, 0.2) is 0 Å². The van der Waals surface area contributed by atoms with Crippen LogP contribution in [0, 0.1) is 28.6 Å². The van der Waals surface area contributed by atoms with Crippen LogP contribution in [0.25, 0.3) is 0 Å². The first-order valence-corrected chi connectivity index (χ1v) is 7.77. The van der Waals surface area contributed by atoms with Gasteiger partial charge in [0.2, 0.25) is 10.0 Å². The lowest BCUT2D eigenvalue weighted by atomic mass is 9.93. The number of carbonyl (C=O) groups is 1. The zero-order chi connectivity index (χ0) is 14.8. The zero-order valence-corrected chi connectivity index (χ0v) is 12.3. The van der Waals surface area contributed by atoms with E-state index in [9.17, 15) is 13.2 Å². The third kappa shape index (κ3) is 3.91. The molecule has 0 unspecified atom stereocenters. The van der Waals surface area contributed by atoms with E-state index in [-0.39, 0.29) is 31.2 Å². The molecule has 1 rings (SSSR count). The molecule has 19 heavy (non-hydrogen) atoms. The number of nitriles is 1. The molecule has 0 aliphatic carbocycles. The van der Waals surface area contributed by atoms with Gasteiger partial charge in [0.25, 0.3) is 0 Å². The normalized spacial score (nSPS) is 25.2. The largest absolute Gasteiger partial charge is 0.481 e. The Labute approximate surface area is 114 Å². The SMILES string of the molecule is C[C@@H]1CN(S(=O)(=O)CC(C)(C)CC#N)C[C@H]1C(=O)O. The summed E-state index contributed by atoms with van der Waals surface area (Å²) in [7, 11) is -3.52. The Balaban J connectivity index is 2.81. The van der Waals surface area contributed by atoms with E-state index in [0.717, 1.165) is 0 Å². The van der Waals surface area contributed by atoms with E-state index in [2.05, 4.69) is 0 Å². The van der Waals surface area contributed by atoms with E-state index in [1.54, 1.807) is 20.8 Å². The van der Waals surface area contributed by atoms with Crippen LogP contribution in [0.5, 0.6) is 0 Å². The molecule has 6 nitrogen and oxygen atoms in total. The highest BCUT2D eigenvalue weighted by atomic mass is 32.2. The van der Waals surface area contributed by atoms with Crippen LogP contribution in [-0.2, 0) is 14.8 Å². The summed E-state index contributed by atoms with van der Waals surface area (Å²) in [6, 6.07) is 1.98. The van der Waals surface area contributed by atoms with Crippen molar-refractivity contribution in [3.63, 3.8) is 0 Å². The average molecular weight is 288 g/mol. The number of hydrogen-bond donors (Lipinski definition) is 1. The highest BCUT2D eigenvalue weighted by molar-refractivity contribution is 7.89. The van der Waals surface area contributed by atoms with Crippen LogP contribution >= 0.6 is 0 Å². The minimum absolute atomic E-state index is 0.0292. The number of carboxylic acids is 1. The van der Waals surface area contributed by atoms with Gasteiger partial charge >= 0.3 is 5.97 Å². The maximum Gasteiger partial charge on any atom is 0.308 e. The molecule has 0 aromatic carbocycles. The number of hydrogen-bond acceptors (Lipinski definition) is 4. The lowest BCUT2D eigenvalue weighted by Gasteiger charge is -2.25.